The van der Waals surface area contributed by atoms with Gasteiger partial charge in [0.15, 0.2) is 17.5 Å². The molecule has 0 spiro atoms. The van der Waals surface area contributed by atoms with Gasteiger partial charge in [-0.2, -0.15) is 0 Å². The Morgan fingerprint density at radius 2 is 1.11 bits per heavy atom. The van der Waals surface area contributed by atoms with Crippen molar-refractivity contribution >= 4 is 31.5 Å². The van der Waals surface area contributed by atoms with Crippen LogP contribution in [0, 0.1) is 0 Å². The van der Waals surface area contributed by atoms with Gasteiger partial charge in [0, 0.05) is 48.6 Å². The number of hydrogen-bond acceptors (Lipinski definition) is 5. The maximum atomic E-state index is 5.02. The zero-order chi connectivity index (χ0) is 24.6. The van der Waals surface area contributed by atoms with E-state index in [0.717, 1.165) is 32.6 Å². The Kier molecular flexibility index (Phi) is 5.26. The third kappa shape index (κ3) is 3.96. The fourth-order valence-electron chi connectivity index (χ4n) is 4.60. The molecule has 4 nitrogen and oxygen atoms in total. The summed E-state index contributed by atoms with van der Waals surface area (Å²) in [5.41, 5.74) is 4.85. The van der Waals surface area contributed by atoms with Crippen molar-refractivity contribution in [2.24, 2.45) is 0 Å². The fraction of sp³-hybridized carbons (Fsp3) is 0. The summed E-state index contributed by atoms with van der Waals surface area (Å²) in [7, 11) is 0. The number of rotatable bonds is 4. The van der Waals surface area contributed by atoms with Crippen molar-refractivity contribution in [3.8, 4) is 45.4 Å². The highest BCUT2D eigenvalue weighted by atomic mass is 32.1. The summed E-state index contributed by atoms with van der Waals surface area (Å²) in [4.78, 5) is 19.5. The second-order valence-corrected chi connectivity index (χ2v) is 9.80. The first kappa shape index (κ1) is 21.5. The van der Waals surface area contributed by atoms with Gasteiger partial charge < -0.3 is 0 Å². The molecule has 0 bridgehead atoms. The minimum atomic E-state index is 0.655. The van der Waals surface area contributed by atoms with E-state index in [9.17, 15) is 0 Å². The first-order valence-electron chi connectivity index (χ1n) is 12.1. The van der Waals surface area contributed by atoms with Crippen LogP contribution in [-0.2, 0) is 0 Å². The van der Waals surface area contributed by atoms with Crippen molar-refractivity contribution in [2.45, 2.75) is 0 Å². The number of aromatic nitrogens is 4. The molecule has 0 aliphatic heterocycles. The normalized spacial score (nSPS) is 11.2. The lowest BCUT2D eigenvalue weighted by Gasteiger charge is -2.11. The number of pyridine rings is 1. The van der Waals surface area contributed by atoms with Crippen LogP contribution in [0.15, 0.2) is 121 Å². The lowest BCUT2D eigenvalue weighted by Crippen LogP contribution is -2.00. The highest BCUT2D eigenvalue weighted by Crippen LogP contribution is 2.42. The molecule has 0 saturated carbocycles. The van der Waals surface area contributed by atoms with Crippen molar-refractivity contribution in [1.29, 1.82) is 0 Å². The summed E-state index contributed by atoms with van der Waals surface area (Å²) in [5, 5.41) is 2.41. The summed E-state index contributed by atoms with van der Waals surface area (Å²) >= 11 is 1.77. The molecule has 0 amide bonds. The second-order valence-electron chi connectivity index (χ2n) is 8.75. The van der Waals surface area contributed by atoms with Gasteiger partial charge in [-0.05, 0) is 30.3 Å². The zero-order valence-electron chi connectivity index (χ0n) is 19.7. The van der Waals surface area contributed by atoms with E-state index < -0.39 is 0 Å². The summed E-state index contributed by atoms with van der Waals surface area (Å²) in [6, 6.07) is 39.1. The SMILES string of the molecule is c1ccc(-c2nc(-c3ccccc3)nc(-c3cc(-c4ccccn4)cc4c3sc3ccccc34)n2)cc1. The van der Waals surface area contributed by atoms with Crippen LogP contribution in [0.4, 0.5) is 0 Å². The molecule has 7 rings (SSSR count). The maximum absolute atomic E-state index is 5.02. The van der Waals surface area contributed by atoms with Gasteiger partial charge in [0.25, 0.3) is 0 Å². The molecular weight excluding hydrogens is 472 g/mol. The van der Waals surface area contributed by atoms with Crippen molar-refractivity contribution in [2.75, 3.05) is 0 Å². The molecule has 0 aliphatic rings. The quantitative estimate of drug-likeness (QED) is 0.248. The van der Waals surface area contributed by atoms with Gasteiger partial charge in [0.2, 0.25) is 0 Å². The van der Waals surface area contributed by atoms with Crippen molar-refractivity contribution in [1.82, 2.24) is 19.9 Å². The Morgan fingerprint density at radius 1 is 0.486 bits per heavy atom. The molecule has 7 aromatic rings. The van der Waals surface area contributed by atoms with Crippen molar-refractivity contribution in [3.05, 3.63) is 121 Å². The molecule has 37 heavy (non-hydrogen) atoms. The van der Waals surface area contributed by atoms with Gasteiger partial charge in [-0.25, -0.2) is 15.0 Å². The van der Waals surface area contributed by atoms with Crippen molar-refractivity contribution < 1.29 is 0 Å². The molecule has 0 atom stereocenters. The Hall–Kier alpha value is -4.74. The predicted octanol–water partition coefficient (Wildman–Crippen LogP) is 8.30. The lowest BCUT2D eigenvalue weighted by molar-refractivity contribution is 1.08. The van der Waals surface area contributed by atoms with Crippen LogP contribution in [0.2, 0.25) is 0 Å². The number of benzene rings is 4. The van der Waals surface area contributed by atoms with Crippen LogP contribution in [0.25, 0.3) is 65.6 Å². The van der Waals surface area contributed by atoms with Crippen LogP contribution in [-0.4, -0.2) is 19.9 Å². The highest BCUT2D eigenvalue weighted by Gasteiger charge is 2.18. The van der Waals surface area contributed by atoms with Crippen LogP contribution in [0.5, 0.6) is 0 Å². The van der Waals surface area contributed by atoms with Gasteiger partial charge in [0.1, 0.15) is 0 Å². The van der Waals surface area contributed by atoms with E-state index in [0.29, 0.717) is 17.5 Å². The first-order valence-corrected chi connectivity index (χ1v) is 12.9. The molecule has 0 fully saturated rings. The molecule has 4 aromatic carbocycles. The second kappa shape index (κ2) is 9.04. The molecule has 3 aromatic heterocycles. The predicted molar refractivity (Wildman–Crippen MR) is 152 cm³/mol. The minimum Gasteiger partial charge on any atom is -0.256 e. The Morgan fingerprint density at radius 3 is 1.78 bits per heavy atom. The fourth-order valence-corrected chi connectivity index (χ4v) is 5.80. The molecule has 174 valence electrons. The third-order valence-electron chi connectivity index (χ3n) is 6.38. The molecular formula is C32H20N4S. The van der Waals surface area contributed by atoms with Crippen LogP contribution in [0.3, 0.4) is 0 Å². The monoisotopic (exact) mass is 492 g/mol. The number of nitrogens with zero attached hydrogens (tertiary/aromatic N) is 4. The van der Waals surface area contributed by atoms with E-state index in [4.69, 9.17) is 15.0 Å². The summed E-state index contributed by atoms with van der Waals surface area (Å²) < 4.78 is 2.39. The van der Waals surface area contributed by atoms with E-state index >= 15 is 0 Å². The topological polar surface area (TPSA) is 51.6 Å². The summed E-state index contributed by atoms with van der Waals surface area (Å²) in [6.45, 7) is 0. The van der Waals surface area contributed by atoms with Crippen molar-refractivity contribution in [3.63, 3.8) is 0 Å². The maximum Gasteiger partial charge on any atom is 0.165 e. The Balaban J connectivity index is 1.55. The average Bonchev–Trinajstić information content (AvgIpc) is 3.36. The van der Waals surface area contributed by atoms with Crippen LogP contribution < -0.4 is 0 Å². The Bertz CT molecular complexity index is 1810. The Labute approximate surface area is 218 Å². The highest BCUT2D eigenvalue weighted by molar-refractivity contribution is 7.26. The molecule has 3 heterocycles. The lowest BCUT2D eigenvalue weighted by atomic mass is 10.0. The summed E-state index contributed by atoms with van der Waals surface area (Å²) in [6.07, 6.45) is 1.83. The van der Waals surface area contributed by atoms with Gasteiger partial charge in [0.05, 0.1) is 5.69 Å². The van der Waals surface area contributed by atoms with E-state index in [1.54, 1.807) is 11.3 Å². The van der Waals surface area contributed by atoms with E-state index in [2.05, 4.69) is 41.4 Å². The molecule has 0 N–H and O–H groups in total. The first-order chi connectivity index (χ1) is 18.3. The molecule has 5 heteroatoms. The molecule has 0 radical (unpaired) electrons. The number of hydrogen-bond donors (Lipinski definition) is 0. The van der Waals surface area contributed by atoms with Gasteiger partial charge in [-0.15, -0.1) is 11.3 Å². The minimum absolute atomic E-state index is 0.655. The van der Waals surface area contributed by atoms with E-state index in [-0.39, 0.29) is 0 Å². The van der Waals surface area contributed by atoms with E-state index in [1.165, 1.54) is 15.5 Å². The standard InChI is InChI=1S/C32H20N4S/c1-3-11-21(12-4-1)30-34-31(22-13-5-2-6-14-22)36-32(35-30)26-20-23(27-16-9-10-18-33-27)19-25-24-15-7-8-17-28(24)37-29(25)26/h1-20H. The third-order valence-corrected chi connectivity index (χ3v) is 7.60. The molecule has 0 unspecified atom stereocenters. The number of fused-ring (bicyclic) bond motifs is 3. The largest absolute Gasteiger partial charge is 0.256 e. The summed E-state index contributed by atoms with van der Waals surface area (Å²) in [5.74, 6) is 1.96. The smallest absolute Gasteiger partial charge is 0.165 e. The van der Waals surface area contributed by atoms with E-state index in [1.807, 2.05) is 85.1 Å². The van der Waals surface area contributed by atoms with Crippen LogP contribution >= 0.6 is 11.3 Å². The molecule has 0 saturated heterocycles. The number of thiophene rings is 1. The van der Waals surface area contributed by atoms with Gasteiger partial charge in [-0.3, -0.25) is 4.98 Å². The average molecular weight is 493 g/mol. The zero-order valence-corrected chi connectivity index (χ0v) is 20.6. The van der Waals surface area contributed by atoms with Crippen LogP contribution in [0.1, 0.15) is 0 Å². The van der Waals surface area contributed by atoms with Gasteiger partial charge >= 0.3 is 0 Å². The van der Waals surface area contributed by atoms with Gasteiger partial charge in [-0.1, -0.05) is 84.9 Å². The molecule has 0 aliphatic carbocycles.